The number of halogens is 1. The SMILES string of the molecule is CC1(Cc2ccccc2)C(=O)Nc2ccc(Br)cc21. The van der Waals surface area contributed by atoms with Crippen molar-refractivity contribution in [1.29, 1.82) is 0 Å². The van der Waals surface area contributed by atoms with Crippen LogP contribution in [0.25, 0.3) is 0 Å². The van der Waals surface area contributed by atoms with E-state index in [9.17, 15) is 4.79 Å². The highest BCUT2D eigenvalue weighted by Crippen LogP contribution is 2.41. The number of fused-ring (bicyclic) bond motifs is 1. The molecule has 1 aliphatic heterocycles. The summed E-state index contributed by atoms with van der Waals surface area (Å²) in [6.07, 6.45) is 0.711. The quantitative estimate of drug-likeness (QED) is 0.894. The average molecular weight is 316 g/mol. The van der Waals surface area contributed by atoms with Crippen molar-refractivity contribution in [2.75, 3.05) is 5.32 Å². The minimum atomic E-state index is -0.500. The molecule has 1 aliphatic rings. The monoisotopic (exact) mass is 315 g/mol. The van der Waals surface area contributed by atoms with Gasteiger partial charge in [0.15, 0.2) is 0 Å². The van der Waals surface area contributed by atoms with Crippen LogP contribution in [0.2, 0.25) is 0 Å². The lowest BCUT2D eigenvalue weighted by molar-refractivity contribution is -0.120. The van der Waals surface area contributed by atoms with Crippen LogP contribution >= 0.6 is 15.9 Å². The molecular formula is C16H14BrNO. The largest absolute Gasteiger partial charge is 0.325 e. The van der Waals surface area contributed by atoms with Gasteiger partial charge in [0.25, 0.3) is 0 Å². The Balaban J connectivity index is 2.04. The predicted molar refractivity (Wildman–Crippen MR) is 80.3 cm³/mol. The molecule has 2 aromatic carbocycles. The van der Waals surface area contributed by atoms with Gasteiger partial charge in [0, 0.05) is 10.2 Å². The van der Waals surface area contributed by atoms with Crippen LogP contribution in [0.15, 0.2) is 53.0 Å². The van der Waals surface area contributed by atoms with E-state index >= 15 is 0 Å². The highest BCUT2D eigenvalue weighted by molar-refractivity contribution is 9.10. The molecule has 0 fully saturated rings. The molecule has 0 saturated heterocycles. The minimum absolute atomic E-state index is 0.0736. The van der Waals surface area contributed by atoms with Gasteiger partial charge >= 0.3 is 0 Å². The number of carbonyl (C=O) groups is 1. The van der Waals surface area contributed by atoms with Crippen LogP contribution < -0.4 is 5.32 Å². The fourth-order valence-corrected chi connectivity index (χ4v) is 3.01. The average Bonchev–Trinajstić information content (AvgIpc) is 2.64. The summed E-state index contributed by atoms with van der Waals surface area (Å²) in [5.41, 5.74) is 2.66. The van der Waals surface area contributed by atoms with E-state index in [2.05, 4.69) is 33.4 Å². The van der Waals surface area contributed by atoms with Crippen LogP contribution in [-0.4, -0.2) is 5.91 Å². The predicted octanol–water partition coefficient (Wildman–Crippen LogP) is 3.90. The molecule has 1 heterocycles. The lowest BCUT2D eigenvalue weighted by atomic mass is 9.78. The third-order valence-electron chi connectivity index (χ3n) is 3.73. The molecule has 1 amide bonds. The molecule has 0 radical (unpaired) electrons. The highest BCUT2D eigenvalue weighted by atomic mass is 79.9. The molecule has 2 nitrogen and oxygen atoms in total. The van der Waals surface area contributed by atoms with Crippen LogP contribution in [0.3, 0.4) is 0 Å². The van der Waals surface area contributed by atoms with Crippen molar-refractivity contribution in [3.05, 3.63) is 64.1 Å². The van der Waals surface area contributed by atoms with E-state index in [1.54, 1.807) is 0 Å². The Kier molecular flexibility index (Phi) is 2.94. The zero-order valence-electron chi connectivity index (χ0n) is 10.6. The Morgan fingerprint density at radius 3 is 2.63 bits per heavy atom. The molecule has 96 valence electrons. The first-order chi connectivity index (χ1) is 9.09. The first kappa shape index (κ1) is 12.4. The van der Waals surface area contributed by atoms with Gasteiger partial charge in [-0.3, -0.25) is 4.79 Å². The first-order valence-electron chi connectivity index (χ1n) is 6.25. The Morgan fingerprint density at radius 2 is 1.89 bits per heavy atom. The van der Waals surface area contributed by atoms with Crippen molar-refractivity contribution in [1.82, 2.24) is 0 Å². The number of amides is 1. The maximum atomic E-state index is 12.3. The van der Waals surface area contributed by atoms with Crippen LogP contribution in [0, 0.1) is 0 Å². The number of nitrogens with one attached hydrogen (secondary N) is 1. The van der Waals surface area contributed by atoms with Gasteiger partial charge in [-0.1, -0.05) is 46.3 Å². The lowest BCUT2D eigenvalue weighted by Crippen LogP contribution is -2.33. The maximum absolute atomic E-state index is 12.3. The molecule has 1 atom stereocenters. The summed E-state index contributed by atoms with van der Waals surface area (Å²) in [4.78, 5) is 12.3. The van der Waals surface area contributed by atoms with Gasteiger partial charge in [0.1, 0.15) is 0 Å². The van der Waals surface area contributed by atoms with Crippen molar-refractivity contribution in [3.8, 4) is 0 Å². The van der Waals surface area contributed by atoms with Gasteiger partial charge in [0.2, 0.25) is 5.91 Å². The van der Waals surface area contributed by atoms with Gasteiger partial charge in [-0.15, -0.1) is 0 Å². The number of benzene rings is 2. The number of hydrogen-bond acceptors (Lipinski definition) is 1. The summed E-state index contributed by atoms with van der Waals surface area (Å²) in [5, 5.41) is 2.98. The van der Waals surface area contributed by atoms with Crippen LogP contribution in [0.1, 0.15) is 18.1 Å². The molecule has 0 aromatic heterocycles. The van der Waals surface area contributed by atoms with E-state index in [0.717, 1.165) is 15.7 Å². The van der Waals surface area contributed by atoms with E-state index in [0.29, 0.717) is 6.42 Å². The molecule has 19 heavy (non-hydrogen) atoms. The molecule has 3 rings (SSSR count). The summed E-state index contributed by atoms with van der Waals surface area (Å²) in [5.74, 6) is 0.0736. The van der Waals surface area contributed by atoms with E-state index in [1.165, 1.54) is 5.56 Å². The van der Waals surface area contributed by atoms with E-state index in [4.69, 9.17) is 0 Å². The van der Waals surface area contributed by atoms with Gasteiger partial charge in [-0.05, 0) is 42.7 Å². The minimum Gasteiger partial charge on any atom is -0.325 e. The third-order valence-corrected chi connectivity index (χ3v) is 4.22. The fourth-order valence-electron chi connectivity index (χ4n) is 2.64. The summed E-state index contributed by atoms with van der Waals surface area (Å²) in [7, 11) is 0. The van der Waals surface area contributed by atoms with E-state index in [1.807, 2.05) is 43.3 Å². The fraction of sp³-hybridized carbons (Fsp3) is 0.188. The molecule has 2 aromatic rings. The smallest absolute Gasteiger partial charge is 0.235 e. The summed E-state index contributed by atoms with van der Waals surface area (Å²) in [6.45, 7) is 2.01. The zero-order chi connectivity index (χ0) is 13.5. The van der Waals surface area contributed by atoms with Crippen molar-refractivity contribution < 1.29 is 4.79 Å². The van der Waals surface area contributed by atoms with Gasteiger partial charge in [-0.25, -0.2) is 0 Å². The second-order valence-corrected chi connectivity index (χ2v) is 6.05. The second kappa shape index (κ2) is 4.49. The van der Waals surface area contributed by atoms with Crippen molar-refractivity contribution >= 4 is 27.5 Å². The summed E-state index contributed by atoms with van der Waals surface area (Å²) >= 11 is 3.48. The molecule has 3 heteroatoms. The van der Waals surface area contributed by atoms with Gasteiger partial charge < -0.3 is 5.32 Å². The topological polar surface area (TPSA) is 29.1 Å². The van der Waals surface area contributed by atoms with Crippen molar-refractivity contribution in [2.24, 2.45) is 0 Å². The number of anilines is 1. The van der Waals surface area contributed by atoms with Crippen molar-refractivity contribution in [2.45, 2.75) is 18.8 Å². The third kappa shape index (κ3) is 2.08. The normalized spacial score (nSPS) is 21.1. The van der Waals surface area contributed by atoms with Gasteiger partial charge in [0.05, 0.1) is 5.41 Å². The number of rotatable bonds is 2. The Labute approximate surface area is 121 Å². The molecular weight excluding hydrogens is 302 g/mol. The second-order valence-electron chi connectivity index (χ2n) is 5.14. The van der Waals surface area contributed by atoms with Crippen LogP contribution in [-0.2, 0) is 16.6 Å². The number of hydrogen-bond donors (Lipinski definition) is 1. The lowest BCUT2D eigenvalue weighted by Gasteiger charge is -2.22. The van der Waals surface area contributed by atoms with E-state index in [-0.39, 0.29) is 5.91 Å². The molecule has 1 N–H and O–H groups in total. The Bertz CT molecular complexity index is 638. The van der Waals surface area contributed by atoms with Crippen LogP contribution in [0.4, 0.5) is 5.69 Å². The Hall–Kier alpha value is -1.61. The summed E-state index contributed by atoms with van der Waals surface area (Å²) < 4.78 is 1.00. The first-order valence-corrected chi connectivity index (χ1v) is 7.04. The van der Waals surface area contributed by atoms with E-state index < -0.39 is 5.41 Å². The molecule has 0 spiro atoms. The highest BCUT2D eigenvalue weighted by Gasteiger charge is 2.42. The van der Waals surface area contributed by atoms with Crippen LogP contribution in [0.5, 0.6) is 0 Å². The molecule has 0 aliphatic carbocycles. The van der Waals surface area contributed by atoms with Crippen molar-refractivity contribution in [3.63, 3.8) is 0 Å². The standard InChI is InChI=1S/C16H14BrNO/c1-16(10-11-5-3-2-4-6-11)13-9-12(17)7-8-14(13)18-15(16)19/h2-9H,10H2,1H3,(H,18,19). The Morgan fingerprint density at radius 1 is 1.16 bits per heavy atom. The maximum Gasteiger partial charge on any atom is 0.235 e. The molecule has 0 saturated carbocycles. The molecule has 0 bridgehead atoms. The zero-order valence-corrected chi connectivity index (χ0v) is 12.2. The van der Waals surface area contributed by atoms with Gasteiger partial charge in [-0.2, -0.15) is 0 Å². The summed E-state index contributed by atoms with van der Waals surface area (Å²) in [6, 6.07) is 16.1. The molecule has 1 unspecified atom stereocenters. The number of carbonyl (C=O) groups excluding carboxylic acids is 1.